The molecule has 1 N–H and O–H groups in total. The Bertz CT molecular complexity index is 1210. The molecule has 0 radical (unpaired) electrons. The van der Waals surface area contributed by atoms with E-state index >= 15 is 0 Å². The maximum Gasteiger partial charge on any atom is 0.353 e. The van der Waals surface area contributed by atoms with Crippen molar-refractivity contribution < 1.29 is 0 Å². The molecule has 0 aromatic carbocycles. The molecule has 0 bridgehead atoms. The lowest BCUT2D eigenvalue weighted by Crippen LogP contribution is -2.43. The average molecular weight is 342 g/mol. The molecule has 3 rings (SSSR count). The number of hydrogen-bond acceptors (Lipinski definition) is 6. The number of aryl methyl sites for hydroxylation is 3. The molecule has 3 heterocycles. The molecule has 0 fully saturated rings. The van der Waals surface area contributed by atoms with Gasteiger partial charge in [-0.05, 0) is 24.6 Å². The van der Waals surface area contributed by atoms with Gasteiger partial charge >= 0.3 is 11.2 Å². The fraction of sp³-hybridized carbons (Fsp3) is 0.200. The standard InChI is InChI=1S/C15H14N6O4/c1-8-4-5-16-10(6-8)21-13(23)11(18-20(3)15(21)25)9-7-17-19(2)14(24)12(9)22/h4-7,17H,1-3H3. The molecular formula is C15H14N6O4. The lowest BCUT2D eigenvalue weighted by atomic mass is 10.2. The third-order valence-electron chi connectivity index (χ3n) is 3.66. The van der Waals surface area contributed by atoms with Crippen molar-refractivity contribution >= 4 is 0 Å². The van der Waals surface area contributed by atoms with Crippen LogP contribution in [0.5, 0.6) is 0 Å². The number of nitrogens with zero attached hydrogens (tertiary/aromatic N) is 5. The first-order valence-electron chi connectivity index (χ1n) is 7.23. The molecule has 128 valence electrons. The molecule has 0 saturated carbocycles. The summed E-state index contributed by atoms with van der Waals surface area (Å²) in [4.78, 5) is 53.2. The van der Waals surface area contributed by atoms with Crippen molar-refractivity contribution in [1.82, 2.24) is 29.1 Å². The smallest absolute Gasteiger partial charge is 0.302 e. The zero-order valence-corrected chi connectivity index (χ0v) is 13.7. The second-order valence-electron chi connectivity index (χ2n) is 5.47. The number of aromatic nitrogens is 6. The number of aromatic amines is 1. The Morgan fingerprint density at radius 2 is 1.80 bits per heavy atom. The maximum atomic E-state index is 12.8. The summed E-state index contributed by atoms with van der Waals surface area (Å²) in [5.74, 6) is 0.106. The molecule has 0 spiro atoms. The van der Waals surface area contributed by atoms with Gasteiger partial charge in [-0.2, -0.15) is 5.10 Å². The maximum absolute atomic E-state index is 12.8. The third-order valence-corrected chi connectivity index (χ3v) is 3.66. The molecule has 10 nitrogen and oxygen atoms in total. The highest BCUT2D eigenvalue weighted by atomic mass is 16.2. The van der Waals surface area contributed by atoms with E-state index in [0.717, 1.165) is 19.5 Å². The molecule has 0 atom stereocenters. The van der Waals surface area contributed by atoms with Crippen LogP contribution in [0.2, 0.25) is 0 Å². The summed E-state index contributed by atoms with van der Waals surface area (Å²) in [7, 11) is 2.71. The number of nitrogens with one attached hydrogen (secondary N) is 1. The predicted molar refractivity (Wildman–Crippen MR) is 88.9 cm³/mol. The fourth-order valence-corrected chi connectivity index (χ4v) is 2.32. The SMILES string of the molecule is Cc1ccnc(-n2c(=O)c(-c3c[nH]n(C)c(=O)c3=O)nn(C)c2=O)c1. The predicted octanol–water partition coefficient (Wildman–Crippen LogP) is -1.31. The van der Waals surface area contributed by atoms with Crippen molar-refractivity contribution in [2.24, 2.45) is 14.1 Å². The largest absolute Gasteiger partial charge is 0.353 e. The van der Waals surface area contributed by atoms with E-state index in [-0.39, 0.29) is 17.1 Å². The Balaban J connectivity index is 2.41. The molecular weight excluding hydrogens is 328 g/mol. The van der Waals surface area contributed by atoms with Crippen LogP contribution in [0, 0.1) is 6.92 Å². The summed E-state index contributed by atoms with van der Waals surface area (Å²) < 4.78 is 2.71. The normalized spacial score (nSPS) is 10.8. The van der Waals surface area contributed by atoms with Gasteiger partial charge in [-0.15, -0.1) is 0 Å². The summed E-state index contributed by atoms with van der Waals surface area (Å²) in [5.41, 5.74) is -3.02. The lowest BCUT2D eigenvalue weighted by Gasteiger charge is -2.09. The second-order valence-corrected chi connectivity index (χ2v) is 5.47. The highest BCUT2D eigenvalue weighted by Crippen LogP contribution is 2.06. The first-order chi connectivity index (χ1) is 11.8. The highest BCUT2D eigenvalue weighted by Gasteiger charge is 2.19. The van der Waals surface area contributed by atoms with Crippen LogP contribution in [0.3, 0.4) is 0 Å². The van der Waals surface area contributed by atoms with Gasteiger partial charge in [0.2, 0.25) is 0 Å². The van der Waals surface area contributed by atoms with Crippen molar-refractivity contribution in [3.05, 3.63) is 71.5 Å². The van der Waals surface area contributed by atoms with Gasteiger partial charge in [0, 0.05) is 26.5 Å². The minimum Gasteiger partial charge on any atom is -0.302 e. The summed E-state index contributed by atoms with van der Waals surface area (Å²) in [5, 5.41) is 6.41. The lowest BCUT2D eigenvalue weighted by molar-refractivity contribution is 0.629. The molecule has 25 heavy (non-hydrogen) atoms. The Morgan fingerprint density at radius 3 is 2.48 bits per heavy atom. The fourth-order valence-electron chi connectivity index (χ4n) is 2.32. The first kappa shape index (κ1) is 16.3. The Labute approximate surface area is 139 Å². The van der Waals surface area contributed by atoms with Crippen LogP contribution in [0.4, 0.5) is 0 Å². The second kappa shape index (κ2) is 5.82. The Morgan fingerprint density at radius 1 is 1.08 bits per heavy atom. The summed E-state index contributed by atoms with van der Waals surface area (Å²) in [6, 6.07) is 3.27. The average Bonchev–Trinajstić information content (AvgIpc) is 2.57. The van der Waals surface area contributed by atoms with Gasteiger partial charge < -0.3 is 5.10 Å². The number of pyridine rings is 1. The summed E-state index contributed by atoms with van der Waals surface area (Å²) >= 11 is 0. The molecule has 0 aliphatic rings. The van der Waals surface area contributed by atoms with Gasteiger partial charge in [0.1, 0.15) is 5.82 Å². The van der Waals surface area contributed by atoms with Crippen LogP contribution in [-0.2, 0) is 14.1 Å². The Hall–Kier alpha value is -3.56. The monoisotopic (exact) mass is 342 g/mol. The van der Waals surface area contributed by atoms with Crippen molar-refractivity contribution in [3.8, 4) is 17.1 Å². The molecule has 0 aliphatic heterocycles. The molecule has 3 aromatic heterocycles. The highest BCUT2D eigenvalue weighted by molar-refractivity contribution is 5.55. The van der Waals surface area contributed by atoms with E-state index in [2.05, 4.69) is 15.2 Å². The van der Waals surface area contributed by atoms with Gasteiger partial charge in [0.05, 0.1) is 5.56 Å². The molecule has 0 saturated heterocycles. The summed E-state index contributed by atoms with van der Waals surface area (Å²) in [6.07, 6.45) is 2.66. The van der Waals surface area contributed by atoms with E-state index in [1.165, 1.54) is 26.5 Å². The van der Waals surface area contributed by atoms with E-state index in [1.54, 1.807) is 19.1 Å². The number of rotatable bonds is 2. The molecule has 0 unspecified atom stereocenters. The van der Waals surface area contributed by atoms with E-state index in [0.29, 0.717) is 0 Å². The van der Waals surface area contributed by atoms with E-state index in [9.17, 15) is 19.2 Å². The first-order valence-corrected chi connectivity index (χ1v) is 7.23. The van der Waals surface area contributed by atoms with E-state index in [1.807, 2.05) is 0 Å². The van der Waals surface area contributed by atoms with Crippen LogP contribution in [0.15, 0.2) is 43.7 Å². The molecule has 0 amide bonds. The topological polar surface area (TPSA) is 125 Å². The van der Waals surface area contributed by atoms with Crippen LogP contribution in [-0.4, -0.2) is 29.1 Å². The summed E-state index contributed by atoms with van der Waals surface area (Å²) in [6.45, 7) is 1.79. The molecule has 10 heteroatoms. The number of hydrogen-bond donors (Lipinski definition) is 1. The molecule has 0 aliphatic carbocycles. The Kier molecular flexibility index (Phi) is 3.79. The third kappa shape index (κ3) is 2.63. The molecule has 3 aromatic rings. The number of H-pyrrole nitrogens is 1. The van der Waals surface area contributed by atoms with Crippen LogP contribution in [0.25, 0.3) is 17.1 Å². The van der Waals surface area contributed by atoms with E-state index in [4.69, 9.17) is 0 Å². The van der Waals surface area contributed by atoms with E-state index < -0.39 is 22.2 Å². The zero-order valence-electron chi connectivity index (χ0n) is 13.7. The van der Waals surface area contributed by atoms with Crippen molar-refractivity contribution in [1.29, 1.82) is 0 Å². The minimum atomic E-state index is -0.895. The quantitative estimate of drug-likeness (QED) is 0.577. The van der Waals surface area contributed by atoms with Gasteiger partial charge in [-0.1, -0.05) is 0 Å². The minimum absolute atomic E-state index is 0.106. The van der Waals surface area contributed by atoms with Gasteiger partial charge in [-0.3, -0.25) is 19.1 Å². The van der Waals surface area contributed by atoms with Crippen LogP contribution < -0.4 is 22.2 Å². The van der Waals surface area contributed by atoms with Crippen LogP contribution in [0.1, 0.15) is 5.56 Å². The van der Waals surface area contributed by atoms with Gasteiger partial charge in [0.15, 0.2) is 5.69 Å². The van der Waals surface area contributed by atoms with Gasteiger partial charge in [0.25, 0.3) is 11.0 Å². The zero-order chi connectivity index (χ0) is 18.3. The van der Waals surface area contributed by atoms with Crippen LogP contribution >= 0.6 is 0 Å². The van der Waals surface area contributed by atoms with Gasteiger partial charge in [-0.25, -0.2) is 19.0 Å². The van der Waals surface area contributed by atoms with Crippen molar-refractivity contribution in [2.75, 3.05) is 0 Å². The van der Waals surface area contributed by atoms with Crippen molar-refractivity contribution in [3.63, 3.8) is 0 Å². The van der Waals surface area contributed by atoms with Crippen molar-refractivity contribution in [2.45, 2.75) is 6.92 Å².